The molecule has 3 N–H and O–H groups in total. The summed E-state index contributed by atoms with van der Waals surface area (Å²) in [6.45, 7) is 5.78. The topological polar surface area (TPSA) is 104 Å². The van der Waals surface area contributed by atoms with Crippen LogP contribution in [-0.4, -0.2) is 28.2 Å². The summed E-state index contributed by atoms with van der Waals surface area (Å²) in [4.78, 5) is 22.4. The molecule has 1 aromatic carbocycles. The second-order valence-electron chi connectivity index (χ2n) is 5.57. The zero-order valence-electron chi connectivity index (χ0n) is 13.8. The zero-order valence-corrected chi connectivity index (χ0v) is 13.8. The van der Waals surface area contributed by atoms with E-state index in [4.69, 9.17) is 0 Å². The Hall–Kier alpha value is -2.15. The molecular formula is C16H25N3O4. The molecule has 1 unspecified atom stereocenters. The maximum atomic E-state index is 12.0. The van der Waals surface area contributed by atoms with Gasteiger partial charge in [-0.1, -0.05) is 32.9 Å². The van der Waals surface area contributed by atoms with Crippen LogP contribution in [0.3, 0.4) is 0 Å². The molecule has 0 bridgehead atoms. The summed E-state index contributed by atoms with van der Waals surface area (Å²) in [5.41, 5.74) is -0.238. The van der Waals surface area contributed by atoms with Gasteiger partial charge in [-0.15, -0.1) is 0 Å². The van der Waals surface area contributed by atoms with Gasteiger partial charge in [0.05, 0.1) is 16.6 Å². The first-order chi connectivity index (χ1) is 10.8. The monoisotopic (exact) mass is 323 g/mol. The summed E-state index contributed by atoms with van der Waals surface area (Å²) in [6.07, 6.45) is 1.69. The van der Waals surface area contributed by atoms with E-state index in [1.807, 2.05) is 20.8 Å². The Morgan fingerprint density at radius 2 is 2.00 bits per heavy atom. The molecule has 7 heteroatoms. The van der Waals surface area contributed by atoms with E-state index in [1.165, 1.54) is 12.1 Å². The number of nitro benzene ring substituents is 1. The highest BCUT2D eigenvalue weighted by Gasteiger charge is 2.23. The van der Waals surface area contributed by atoms with Crippen molar-refractivity contribution >= 4 is 11.7 Å². The second-order valence-corrected chi connectivity index (χ2v) is 5.57. The lowest BCUT2D eigenvalue weighted by atomic mass is 9.98. The Bertz CT molecular complexity index is 544. The number of hydrogen-bond acceptors (Lipinski definition) is 4. The largest absolute Gasteiger partial charge is 0.388 e. The molecule has 0 radical (unpaired) electrons. The zero-order chi connectivity index (χ0) is 17.5. The fraction of sp³-hybridized carbons (Fsp3) is 0.562. The second kappa shape index (κ2) is 8.47. The third-order valence-corrected chi connectivity index (χ3v) is 4.09. The van der Waals surface area contributed by atoms with E-state index < -0.39 is 16.6 Å². The van der Waals surface area contributed by atoms with Gasteiger partial charge in [-0.05, 0) is 24.8 Å². The predicted octanol–water partition coefficient (Wildman–Crippen LogP) is 2.90. The average Bonchev–Trinajstić information content (AvgIpc) is 2.57. The molecule has 1 aromatic rings. The Kier molecular flexibility index (Phi) is 6.96. The normalized spacial score (nSPS) is 12.5. The van der Waals surface area contributed by atoms with E-state index in [2.05, 4.69) is 10.6 Å². The SMILES string of the molecule is CCC(NC(=O)NCC(O)(CC)CC)c1cccc([N+](=O)[O-])c1. The van der Waals surface area contributed by atoms with Crippen molar-refractivity contribution in [1.29, 1.82) is 0 Å². The van der Waals surface area contributed by atoms with E-state index in [0.29, 0.717) is 24.8 Å². The standard InChI is InChI=1S/C16H25N3O4/c1-4-14(12-8-7-9-13(10-12)19(22)23)18-15(20)17-11-16(21,5-2)6-3/h7-10,14,21H,4-6,11H2,1-3H3,(H2,17,18,20). The molecular weight excluding hydrogens is 298 g/mol. The van der Waals surface area contributed by atoms with E-state index >= 15 is 0 Å². The molecule has 7 nitrogen and oxygen atoms in total. The summed E-state index contributed by atoms with van der Waals surface area (Å²) in [5.74, 6) is 0. The van der Waals surface area contributed by atoms with E-state index in [9.17, 15) is 20.0 Å². The van der Waals surface area contributed by atoms with Crippen LogP contribution in [-0.2, 0) is 0 Å². The van der Waals surface area contributed by atoms with Crippen LogP contribution in [0.4, 0.5) is 10.5 Å². The molecule has 128 valence electrons. The van der Waals surface area contributed by atoms with Crippen LogP contribution in [0.15, 0.2) is 24.3 Å². The lowest BCUT2D eigenvalue weighted by Gasteiger charge is -2.26. The molecule has 0 aromatic heterocycles. The third-order valence-electron chi connectivity index (χ3n) is 4.09. The van der Waals surface area contributed by atoms with Crippen molar-refractivity contribution in [3.05, 3.63) is 39.9 Å². The summed E-state index contributed by atoms with van der Waals surface area (Å²) in [7, 11) is 0. The highest BCUT2D eigenvalue weighted by molar-refractivity contribution is 5.74. The van der Waals surface area contributed by atoms with Gasteiger partial charge < -0.3 is 15.7 Å². The minimum absolute atomic E-state index is 0.00509. The first-order valence-corrected chi connectivity index (χ1v) is 7.86. The third kappa shape index (κ3) is 5.52. The number of carbonyl (C=O) groups is 1. The maximum absolute atomic E-state index is 12.0. The number of rotatable bonds is 8. The van der Waals surface area contributed by atoms with Gasteiger partial charge in [-0.25, -0.2) is 4.79 Å². The number of nitro groups is 1. The lowest BCUT2D eigenvalue weighted by molar-refractivity contribution is -0.384. The van der Waals surface area contributed by atoms with Gasteiger partial charge in [0.25, 0.3) is 5.69 Å². The highest BCUT2D eigenvalue weighted by Crippen LogP contribution is 2.21. The molecule has 0 aliphatic heterocycles. The van der Waals surface area contributed by atoms with Crippen molar-refractivity contribution in [2.24, 2.45) is 0 Å². The number of nitrogens with one attached hydrogen (secondary N) is 2. The molecule has 2 amide bonds. The molecule has 0 saturated carbocycles. The van der Waals surface area contributed by atoms with Gasteiger partial charge in [0.15, 0.2) is 0 Å². The molecule has 0 spiro atoms. The van der Waals surface area contributed by atoms with Crippen LogP contribution in [0.25, 0.3) is 0 Å². The van der Waals surface area contributed by atoms with Gasteiger partial charge in [0, 0.05) is 18.7 Å². The number of urea groups is 1. The minimum atomic E-state index is -0.912. The molecule has 0 aliphatic rings. The van der Waals surface area contributed by atoms with Gasteiger partial charge in [-0.3, -0.25) is 10.1 Å². The number of hydrogen-bond donors (Lipinski definition) is 3. The van der Waals surface area contributed by atoms with Crippen LogP contribution in [0, 0.1) is 10.1 Å². The summed E-state index contributed by atoms with van der Waals surface area (Å²) >= 11 is 0. The molecule has 0 aliphatic carbocycles. The van der Waals surface area contributed by atoms with Crippen LogP contribution < -0.4 is 10.6 Å². The summed E-state index contributed by atoms with van der Waals surface area (Å²) in [5, 5.41) is 26.5. The van der Waals surface area contributed by atoms with Crippen LogP contribution in [0.2, 0.25) is 0 Å². The highest BCUT2D eigenvalue weighted by atomic mass is 16.6. The minimum Gasteiger partial charge on any atom is -0.388 e. The Morgan fingerprint density at radius 3 is 2.52 bits per heavy atom. The van der Waals surface area contributed by atoms with Crippen LogP contribution >= 0.6 is 0 Å². The van der Waals surface area contributed by atoms with Gasteiger partial charge in [0.1, 0.15) is 0 Å². The first-order valence-electron chi connectivity index (χ1n) is 7.86. The van der Waals surface area contributed by atoms with Gasteiger partial charge in [-0.2, -0.15) is 0 Å². The molecule has 0 saturated heterocycles. The number of aliphatic hydroxyl groups is 1. The maximum Gasteiger partial charge on any atom is 0.315 e. The Morgan fingerprint density at radius 1 is 1.35 bits per heavy atom. The Labute approximate surface area is 136 Å². The van der Waals surface area contributed by atoms with E-state index in [-0.39, 0.29) is 18.3 Å². The first kappa shape index (κ1) is 18.9. The van der Waals surface area contributed by atoms with Crippen LogP contribution in [0.5, 0.6) is 0 Å². The molecule has 0 heterocycles. The lowest BCUT2D eigenvalue weighted by Crippen LogP contribution is -2.46. The Balaban J connectivity index is 2.71. The summed E-state index contributed by atoms with van der Waals surface area (Å²) < 4.78 is 0. The van der Waals surface area contributed by atoms with E-state index in [0.717, 1.165) is 0 Å². The van der Waals surface area contributed by atoms with E-state index in [1.54, 1.807) is 12.1 Å². The number of amides is 2. The predicted molar refractivity (Wildman–Crippen MR) is 88.2 cm³/mol. The number of benzene rings is 1. The number of non-ortho nitro benzene ring substituents is 1. The van der Waals surface area contributed by atoms with Gasteiger partial charge in [0.2, 0.25) is 0 Å². The van der Waals surface area contributed by atoms with Crippen molar-refractivity contribution in [2.45, 2.75) is 51.7 Å². The molecule has 0 fully saturated rings. The molecule has 1 atom stereocenters. The van der Waals surface area contributed by atoms with Crippen molar-refractivity contribution in [1.82, 2.24) is 10.6 Å². The molecule has 23 heavy (non-hydrogen) atoms. The van der Waals surface area contributed by atoms with Gasteiger partial charge >= 0.3 is 6.03 Å². The van der Waals surface area contributed by atoms with Crippen molar-refractivity contribution in [3.8, 4) is 0 Å². The number of carbonyl (C=O) groups excluding carboxylic acids is 1. The van der Waals surface area contributed by atoms with Crippen LogP contribution in [0.1, 0.15) is 51.6 Å². The van der Waals surface area contributed by atoms with Crippen molar-refractivity contribution in [2.75, 3.05) is 6.54 Å². The fourth-order valence-electron chi connectivity index (χ4n) is 2.23. The fourth-order valence-corrected chi connectivity index (χ4v) is 2.23. The average molecular weight is 323 g/mol. The van der Waals surface area contributed by atoms with Crippen molar-refractivity contribution in [3.63, 3.8) is 0 Å². The van der Waals surface area contributed by atoms with Crippen molar-refractivity contribution < 1.29 is 14.8 Å². The smallest absolute Gasteiger partial charge is 0.315 e. The quantitative estimate of drug-likeness (QED) is 0.505. The molecule has 1 rings (SSSR count). The summed E-state index contributed by atoms with van der Waals surface area (Å²) in [6, 6.07) is 5.50. The number of nitrogens with zero attached hydrogens (tertiary/aromatic N) is 1.